The van der Waals surface area contributed by atoms with Crippen molar-refractivity contribution in [2.45, 2.75) is 13.0 Å². The number of nitrogens with two attached hydrogens (primary N) is 1. The first-order valence-electron chi connectivity index (χ1n) is 7.53. The Bertz CT molecular complexity index is 495. The van der Waals surface area contributed by atoms with Gasteiger partial charge >= 0.3 is 0 Å². The molecule has 6 heteroatoms. The van der Waals surface area contributed by atoms with E-state index in [-0.39, 0.29) is 6.10 Å². The summed E-state index contributed by atoms with van der Waals surface area (Å²) in [4.78, 5) is 2.39. The van der Waals surface area contributed by atoms with Gasteiger partial charge in [-0.05, 0) is 6.54 Å². The van der Waals surface area contributed by atoms with Crippen LogP contribution in [0, 0.1) is 0 Å². The Hall–Kier alpha value is -1.66. The fraction of sp³-hybridized carbons (Fsp3) is 0.600. The SMILES string of the molecule is CCN1CCOC(CNc2cc3c(cc2N)OCCO3)C1. The minimum atomic E-state index is 0.186. The molecule has 0 saturated carbocycles. The third-order valence-electron chi connectivity index (χ3n) is 3.90. The van der Waals surface area contributed by atoms with Gasteiger partial charge in [0.2, 0.25) is 0 Å². The number of nitrogens with zero attached hydrogens (tertiary/aromatic N) is 1. The van der Waals surface area contributed by atoms with Gasteiger partial charge < -0.3 is 25.3 Å². The van der Waals surface area contributed by atoms with Crippen LogP contribution < -0.4 is 20.5 Å². The van der Waals surface area contributed by atoms with E-state index in [2.05, 4.69) is 17.1 Å². The molecule has 1 fully saturated rings. The summed E-state index contributed by atoms with van der Waals surface area (Å²) >= 11 is 0. The highest BCUT2D eigenvalue weighted by atomic mass is 16.6. The quantitative estimate of drug-likeness (QED) is 0.812. The molecule has 0 bridgehead atoms. The monoisotopic (exact) mass is 293 g/mol. The lowest BCUT2D eigenvalue weighted by Gasteiger charge is -2.32. The van der Waals surface area contributed by atoms with Crippen molar-refractivity contribution in [1.29, 1.82) is 0 Å². The van der Waals surface area contributed by atoms with Gasteiger partial charge in [0.05, 0.1) is 24.1 Å². The molecule has 0 radical (unpaired) electrons. The molecule has 21 heavy (non-hydrogen) atoms. The van der Waals surface area contributed by atoms with Gasteiger partial charge in [-0.15, -0.1) is 0 Å². The Morgan fingerprint density at radius 2 is 2.00 bits per heavy atom. The number of morpholine rings is 1. The van der Waals surface area contributed by atoms with Crippen LogP contribution in [0.25, 0.3) is 0 Å². The average molecular weight is 293 g/mol. The standard InChI is InChI=1S/C15H23N3O3/c1-2-18-3-4-19-11(10-18)9-17-13-8-15-14(7-12(13)16)20-5-6-21-15/h7-8,11,17H,2-6,9-10,16H2,1H3. The molecule has 0 aliphatic carbocycles. The van der Waals surface area contributed by atoms with Gasteiger partial charge in [0.25, 0.3) is 0 Å². The van der Waals surface area contributed by atoms with Gasteiger partial charge in [0.1, 0.15) is 13.2 Å². The van der Waals surface area contributed by atoms with Gasteiger partial charge in [0, 0.05) is 31.8 Å². The molecular weight excluding hydrogens is 270 g/mol. The first-order valence-corrected chi connectivity index (χ1v) is 7.53. The molecule has 1 unspecified atom stereocenters. The summed E-state index contributed by atoms with van der Waals surface area (Å²) in [5.41, 5.74) is 7.61. The molecule has 2 aliphatic rings. The molecule has 1 aromatic carbocycles. The number of fused-ring (bicyclic) bond motifs is 1. The van der Waals surface area contributed by atoms with Crippen molar-refractivity contribution < 1.29 is 14.2 Å². The van der Waals surface area contributed by atoms with E-state index in [4.69, 9.17) is 19.9 Å². The first-order chi connectivity index (χ1) is 10.3. The van der Waals surface area contributed by atoms with Gasteiger partial charge in [-0.25, -0.2) is 0 Å². The maximum absolute atomic E-state index is 6.06. The zero-order valence-electron chi connectivity index (χ0n) is 12.4. The Kier molecular flexibility index (Phi) is 4.36. The van der Waals surface area contributed by atoms with Crippen LogP contribution in [0.15, 0.2) is 12.1 Å². The predicted molar refractivity (Wildman–Crippen MR) is 82.2 cm³/mol. The van der Waals surface area contributed by atoms with E-state index in [1.807, 2.05) is 12.1 Å². The van der Waals surface area contributed by atoms with Crippen LogP contribution in [-0.4, -0.2) is 57.0 Å². The van der Waals surface area contributed by atoms with Crippen LogP contribution in [0.1, 0.15) is 6.92 Å². The van der Waals surface area contributed by atoms with E-state index in [1.165, 1.54) is 0 Å². The first kappa shape index (κ1) is 14.3. The lowest BCUT2D eigenvalue weighted by Crippen LogP contribution is -2.45. The van der Waals surface area contributed by atoms with E-state index in [1.54, 1.807) is 0 Å². The molecule has 0 spiro atoms. The van der Waals surface area contributed by atoms with Crippen molar-refractivity contribution in [1.82, 2.24) is 4.90 Å². The number of likely N-dealkylation sites (N-methyl/N-ethyl adjacent to an activating group) is 1. The molecule has 2 heterocycles. The number of hydrogen-bond donors (Lipinski definition) is 2. The number of anilines is 2. The Balaban J connectivity index is 1.62. The molecule has 2 aliphatic heterocycles. The molecule has 1 atom stereocenters. The van der Waals surface area contributed by atoms with Crippen molar-refractivity contribution in [3.63, 3.8) is 0 Å². The highest BCUT2D eigenvalue weighted by Crippen LogP contribution is 2.36. The summed E-state index contributed by atoms with van der Waals surface area (Å²) in [6.45, 7) is 7.88. The van der Waals surface area contributed by atoms with Crippen LogP contribution in [-0.2, 0) is 4.74 Å². The molecule has 3 rings (SSSR count). The topological polar surface area (TPSA) is 69.0 Å². The molecule has 0 amide bonds. The number of rotatable bonds is 4. The minimum absolute atomic E-state index is 0.186. The predicted octanol–water partition coefficient (Wildman–Crippen LogP) is 1.17. The summed E-state index contributed by atoms with van der Waals surface area (Å²) in [5, 5.41) is 3.37. The summed E-state index contributed by atoms with van der Waals surface area (Å²) in [7, 11) is 0. The van der Waals surface area contributed by atoms with Gasteiger partial charge in [-0.3, -0.25) is 4.90 Å². The number of hydrogen-bond acceptors (Lipinski definition) is 6. The van der Waals surface area contributed by atoms with E-state index in [0.29, 0.717) is 18.9 Å². The highest BCUT2D eigenvalue weighted by molar-refractivity contribution is 5.72. The molecule has 1 aromatic rings. The average Bonchev–Trinajstić information content (AvgIpc) is 2.53. The Labute approximate surface area is 125 Å². The van der Waals surface area contributed by atoms with Crippen molar-refractivity contribution in [3.05, 3.63) is 12.1 Å². The van der Waals surface area contributed by atoms with Crippen molar-refractivity contribution in [2.75, 3.05) is 57.1 Å². The molecule has 116 valence electrons. The lowest BCUT2D eigenvalue weighted by atomic mass is 10.2. The number of benzene rings is 1. The number of nitrogen functional groups attached to an aromatic ring is 1. The maximum Gasteiger partial charge on any atom is 0.163 e. The van der Waals surface area contributed by atoms with Crippen LogP contribution in [0.4, 0.5) is 11.4 Å². The van der Waals surface area contributed by atoms with Crippen LogP contribution >= 0.6 is 0 Å². The fourth-order valence-corrected chi connectivity index (χ4v) is 2.67. The summed E-state index contributed by atoms with van der Waals surface area (Å²) < 4.78 is 16.9. The van der Waals surface area contributed by atoms with E-state index in [0.717, 1.165) is 50.0 Å². The lowest BCUT2D eigenvalue weighted by molar-refractivity contribution is -0.0191. The second-order valence-corrected chi connectivity index (χ2v) is 5.35. The van der Waals surface area contributed by atoms with E-state index < -0.39 is 0 Å². The fourth-order valence-electron chi connectivity index (χ4n) is 2.67. The molecule has 1 saturated heterocycles. The van der Waals surface area contributed by atoms with Gasteiger partial charge in [-0.1, -0.05) is 6.92 Å². The minimum Gasteiger partial charge on any atom is -0.486 e. The van der Waals surface area contributed by atoms with Crippen molar-refractivity contribution in [3.8, 4) is 11.5 Å². The van der Waals surface area contributed by atoms with Gasteiger partial charge in [-0.2, -0.15) is 0 Å². The number of nitrogens with one attached hydrogen (secondary N) is 1. The maximum atomic E-state index is 6.06. The normalized spacial score (nSPS) is 22.0. The largest absolute Gasteiger partial charge is 0.486 e. The van der Waals surface area contributed by atoms with E-state index >= 15 is 0 Å². The third-order valence-corrected chi connectivity index (χ3v) is 3.90. The summed E-state index contributed by atoms with van der Waals surface area (Å²) in [5.74, 6) is 1.47. The van der Waals surface area contributed by atoms with Crippen LogP contribution in [0.2, 0.25) is 0 Å². The van der Waals surface area contributed by atoms with Crippen LogP contribution in [0.5, 0.6) is 11.5 Å². The smallest absolute Gasteiger partial charge is 0.163 e. The Morgan fingerprint density at radius 3 is 2.76 bits per heavy atom. The van der Waals surface area contributed by atoms with Gasteiger partial charge in [0.15, 0.2) is 11.5 Å². The molecule has 6 nitrogen and oxygen atoms in total. The van der Waals surface area contributed by atoms with E-state index in [9.17, 15) is 0 Å². The summed E-state index contributed by atoms with van der Waals surface area (Å²) in [6, 6.07) is 3.72. The Morgan fingerprint density at radius 1 is 1.24 bits per heavy atom. The van der Waals surface area contributed by atoms with Crippen molar-refractivity contribution >= 4 is 11.4 Å². The third kappa shape index (κ3) is 3.33. The molecular formula is C15H23N3O3. The second-order valence-electron chi connectivity index (χ2n) is 5.35. The second kappa shape index (κ2) is 6.41. The van der Waals surface area contributed by atoms with Crippen molar-refractivity contribution in [2.24, 2.45) is 0 Å². The summed E-state index contributed by atoms with van der Waals surface area (Å²) in [6.07, 6.45) is 0.186. The zero-order chi connectivity index (χ0) is 14.7. The molecule has 0 aromatic heterocycles. The van der Waals surface area contributed by atoms with Crippen LogP contribution in [0.3, 0.4) is 0 Å². The number of ether oxygens (including phenoxy) is 3. The zero-order valence-corrected chi connectivity index (χ0v) is 12.4. The highest BCUT2D eigenvalue weighted by Gasteiger charge is 2.20. The molecule has 3 N–H and O–H groups in total.